The molecule has 0 radical (unpaired) electrons. The normalized spacial score (nSPS) is 14.0. The van der Waals surface area contributed by atoms with Crippen molar-refractivity contribution in [3.05, 3.63) is 42.0 Å². The van der Waals surface area contributed by atoms with Gasteiger partial charge in [0, 0.05) is 49.5 Å². The summed E-state index contributed by atoms with van der Waals surface area (Å²) in [5, 5.41) is 1.77. The van der Waals surface area contributed by atoms with E-state index in [0.29, 0.717) is 30.2 Å². The molecule has 0 saturated carbocycles. The van der Waals surface area contributed by atoms with E-state index in [2.05, 4.69) is 5.32 Å². The summed E-state index contributed by atoms with van der Waals surface area (Å²) < 4.78 is 36.4. The molecule has 0 bridgehead atoms. The predicted octanol–water partition coefficient (Wildman–Crippen LogP) is 2.80. The molecule has 8 nitrogen and oxygen atoms in total. The summed E-state index contributed by atoms with van der Waals surface area (Å²) in [6.07, 6.45) is 0.392. The van der Waals surface area contributed by atoms with Crippen molar-refractivity contribution in [1.82, 2.24) is 0 Å². The number of carbonyl (C=O) groups is 2. The first kappa shape index (κ1) is 22.6. The van der Waals surface area contributed by atoms with Crippen LogP contribution in [0.5, 0.6) is 11.5 Å². The second-order valence-corrected chi connectivity index (χ2v) is 9.79. The van der Waals surface area contributed by atoms with E-state index < -0.39 is 21.0 Å². The number of fused-ring (bicyclic) bond motifs is 1. The summed E-state index contributed by atoms with van der Waals surface area (Å²) in [4.78, 5) is 26.0. The predicted molar refractivity (Wildman–Crippen MR) is 118 cm³/mol. The molecule has 1 N–H and O–H groups in total. The van der Waals surface area contributed by atoms with E-state index in [4.69, 9.17) is 9.47 Å². The summed E-state index contributed by atoms with van der Waals surface area (Å²) in [6.45, 7) is 3.53. The number of nitrogens with zero attached hydrogens (tertiary/aromatic N) is 1. The summed E-state index contributed by atoms with van der Waals surface area (Å²) in [5.74, 6) is 0.505. The topological polar surface area (TPSA) is 102 Å². The Hall–Kier alpha value is -3.07. The van der Waals surface area contributed by atoms with Gasteiger partial charge < -0.3 is 19.7 Å². The molecule has 166 valence electrons. The maximum atomic E-state index is 13.0. The second-order valence-electron chi connectivity index (χ2n) is 7.42. The van der Waals surface area contributed by atoms with Gasteiger partial charge in [-0.25, -0.2) is 8.42 Å². The SMILES string of the molecule is COc1cc(NC(=O)C[C@H](C)S(=O)(=O)c2ccc3c(c2)CCN3C(C)=O)cc(OC)c1. The van der Waals surface area contributed by atoms with Crippen molar-refractivity contribution < 1.29 is 27.5 Å². The first-order chi connectivity index (χ1) is 14.6. The molecule has 0 spiro atoms. The Morgan fingerprint density at radius 1 is 1.10 bits per heavy atom. The number of rotatable bonds is 7. The fourth-order valence-corrected chi connectivity index (χ4v) is 4.98. The average molecular weight is 447 g/mol. The Kier molecular flexibility index (Phi) is 6.54. The zero-order valence-electron chi connectivity index (χ0n) is 18.0. The van der Waals surface area contributed by atoms with Crippen LogP contribution in [0.15, 0.2) is 41.3 Å². The number of anilines is 2. The third kappa shape index (κ3) is 4.82. The van der Waals surface area contributed by atoms with Gasteiger partial charge in [-0.15, -0.1) is 0 Å². The Labute approximate surface area is 182 Å². The van der Waals surface area contributed by atoms with Gasteiger partial charge in [0.2, 0.25) is 11.8 Å². The number of ether oxygens (including phenoxy) is 2. The molecule has 9 heteroatoms. The highest BCUT2D eigenvalue weighted by atomic mass is 32.2. The molecule has 0 saturated heterocycles. The third-order valence-electron chi connectivity index (χ3n) is 5.29. The van der Waals surface area contributed by atoms with E-state index in [1.165, 1.54) is 34.1 Å². The quantitative estimate of drug-likeness (QED) is 0.702. The summed E-state index contributed by atoms with van der Waals surface area (Å²) in [7, 11) is -0.722. The highest BCUT2D eigenvalue weighted by Gasteiger charge is 2.29. The number of hydrogen-bond donors (Lipinski definition) is 1. The van der Waals surface area contributed by atoms with Crippen LogP contribution in [-0.4, -0.2) is 46.2 Å². The molecule has 2 aromatic rings. The summed E-state index contributed by atoms with van der Waals surface area (Å²) >= 11 is 0. The maximum Gasteiger partial charge on any atom is 0.225 e. The number of methoxy groups -OCH3 is 2. The molecule has 3 rings (SSSR count). The fraction of sp³-hybridized carbons (Fsp3) is 0.364. The van der Waals surface area contributed by atoms with Crippen molar-refractivity contribution in [3.63, 3.8) is 0 Å². The molecule has 1 aliphatic rings. The van der Waals surface area contributed by atoms with E-state index in [1.54, 1.807) is 35.2 Å². The molecule has 0 fully saturated rings. The van der Waals surface area contributed by atoms with Crippen LogP contribution in [0.3, 0.4) is 0 Å². The van der Waals surface area contributed by atoms with E-state index >= 15 is 0 Å². The van der Waals surface area contributed by atoms with Gasteiger partial charge in [0.15, 0.2) is 9.84 Å². The van der Waals surface area contributed by atoms with Crippen molar-refractivity contribution in [2.75, 3.05) is 31.0 Å². The highest BCUT2D eigenvalue weighted by Crippen LogP contribution is 2.32. The third-order valence-corrected chi connectivity index (χ3v) is 7.43. The smallest absolute Gasteiger partial charge is 0.225 e. The van der Waals surface area contributed by atoms with Gasteiger partial charge in [-0.3, -0.25) is 9.59 Å². The van der Waals surface area contributed by atoms with Crippen LogP contribution >= 0.6 is 0 Å². The van der Waals surface area contributed by atoms with Crippen LogP contribution in [0.2, 0.25) is 0 Å². The first-order valence-corrected chi connectivity index (χ1v) is 11.4. The minimum Gasteiger partial charge on any atom is -0.497 e. The van der Waals surface area contributed by atoms with Crippen LogP contribution < -0.4 is 19.7 Å². The van der Waals surface area contributed by atoms with E-state index in [0.717, 1.165) is 11.3 Å². The van der Waals surface area contributed by atoms with Gasteiger partial charge in [0.05, 0.1) is 24.4 Å². The number of benzene rings is 2. The molecule has 0 aromatic heterocycles. The molecule has 1 atom stereocenters. The van der Waals surface area contributed by atoms with Crippen molar-refractivity contribution in [3.8, 4) is 11.5 Å². The van der Waals surface area contributed by atoms with Gasteiger partial charge in [-0.2, -0.15) is 0 Å². The van der Waals surface area contributed by atoms with Crippen molar-refractivity contribution in [2.45, 2.75) is 36.8 Å². The molecule has 0 unspecified atom stereocenters. The largest absolute Gasteiger partial charge is 0.497 e. The minimum atomic E-state index is -3.72. The van der Waals surface area contributed by atoms with Gasteiger partial charge in [0.1, 0.15) is 11.5 Å². The van der Waals surface area contributed by atoms with Crippen LogP contribution in [0.1, 0.15) is 25.8 Å². The molecule has 2 aromatic carbocycles. The van der Waals surface area contributed by atoms with Crippen LogP contribution in [0.4, 0.5) is 11.4 Å². The van der Waals surface area contributed by atoms with Crippen molar-refractivity contribution in [1.29, 1.82) is 0 Å². The number of carbonyl (C=O) groups excluding carboxylic acids is 2. The number of sulfone groups is 1. The Morgan fingerprint density at radius 2 is 1.74 bits per heavy atom. The lowest BCUT2D eigenvalue weighted by Crippen LogP contribution is -2.26. The molecule has 1 aliphatic heterocycles. The minimum absolute atomic E-state index is 0.0754. The molecular formula is C22H26N2O6S. The van der Waals surface area contributed by atoms with Gasteiger partial charge in [-0.05, 0) is 37.1 Å². The first-order valence-electron chi connectivity index (χ1n) is 9.83. The summed E-state index contributed by atoms with van der Waals surface area (Å²) in [6, 6.07) is 9.68. The van der Waals surface area contributed by atoms with Gasteiger partial charge in [-0.1, -0.05) is 0 Å². The highest BCUT2D eigenvalue weighted by molar-refractivity contribution is 7.92. The second kappa shape index (κ2) is 8.97. The van der Waals surface area contributed by atoms with Gasteiger partial charge >= 0.3 is 0 Å². The molecule has 31 heavy (non-hydrogen) atoms. The lowest BCUT2D eigenvalue weighted by molar-refractivity contribution is -0.117. The Balaban J connectivity index is 1.73. The maximum absolute atomic E-state index is 13.0. The number of nitrogens with one attached hydrogen (secondary N) is 1. The summed E-state index contributed by atoms with van der Waals surface area (Å²) in [5.41, 5.74) is 2.01. The fourth-order valence-electron chi connectivity index (χ4n) is 3.58. The number of hydrogen-bond acceptors (Lipinski definition) is 6. The Bertz CT molecular complexity index is 1090. The lowest BCUT2D eigenvalue weighted by Gasteiger charge is -2.17. The molecule has 2 amide bonds. The van der Waals surface area contributed by atoms with E-state index in [1.807, 2.05) is 0 Å². The van der Waals surface area contributed by atoms with E-state index in [-0.39, 0.29) is 17.2 Å². The van der Waals surface area contributed by atoms with Crippen LogP contribution in [0.25, 0.3) is 0 Å². The van der Waals surface area contributed by atoms with Gasteiger partial charge in [0.25, 0.3) is 0 Å². The average Bonchev–Trinajstić information content (AvgIpc) is 3.16. The Morgan fingerprint density at radius 3 is 2.32 bits per heavy atom. The molecular weight excluding hydrogens is 420 g/mol. The monoisotopic (exact) mass is 446 g/mol. The zero-order valence-corrected chi connectivity index (χ0v) is 18.8. The zero-order chi connectivity index (χ0) is 22.8. The van der Waals surface area contributed by atoms with E-state index in [9.17, 15) is 18.0 Å². The lowest BCUT2D eigenvalue weighted by atomic mass is 10.2. The van der Waals surface area contributed by atoms with Crippen molar-refractivity contribution >= 4 is 33.0 Å². The van der Waals surface area contributed by atoms with Crippen LogP contribution in [-0.2, 0) is 25.8 Å². The standard InChI is InChI=1S/C22H26N2O6S/c1-14(9-22(26)23-17-11-18(29-3)13-19(12-17)30-4)31(27,28)20-5-6-21-16(10-20)7-8-24(21)15(2)25/h5-6,10-14H,7-9H2,1-4H3,(H,23,26)/t14-/m0/s1. The molecule has 1 heterocycles. The number of amides is 2. The van der Waals surface area contributed by atoms with Crippen LogP contribution in [0, 0.1) is 0 Å². The molecule has 0 aliphatic carbocycles. The van der Waals surface area contributed by atoms with Crippen molar-refractivity contribution in [2.24, 2.45) is 0 Å².